The van der Waals surface area contributed by atoms with Gasteiger partial charge in [0.15, 0.2) is 11.5 Å². The van der Waals surface area contributed by atoms with Gasteiger partial charge in [0.25, 0.3) is 5.91 Å². The standard InChI is InChI=1S/C19H22N2O4S/c1-24-15-8-7-13(11-16(15)25-2)12-18(22)20-9-10-21-19(23)14-5-3-4-6-17(14)26/h3-8,11,26H,9-10,12H2,1-2H3,(H,20,22)(H,21,23). The van der Waals surface area contributed by atoms with Crippen molar-refractivity contribution < 1.29 is 19.1 Å². The molecule has 2 amide bonds. The molecule has 0 saturated heterocycles. The molecule has 6 nitrogen and oxygen atoms in total. The Morgan fingerprint density at radius 3 is 2.35 bits per heavy atom. The Balaban J connectivity index is 1.77. The number of carbonyl (C=O) groups is 2. The van der Waals surface area contributed by atoms with Crippen molar-refractivity contribution in [2.45, 2.75) is 11.3 Å². The number of ether oxygens (including phenoxy) is 2. The zero-order chi connectivity index (χ0) is 18.9. The molecular weight excluding hydrogens is 352 g/mol. The van der Waals surface area contributed by atoms with E-state index in [-0.39, 0.29) is 18.2 Å². The summed E-state index contributed by atoms with van der Waals surface area (Å²) in [6.45, 7) is 0.672. The van der Waals surface area contributed by atoms with E-state index in [4.69, 9.17) is 9.47 Å². The zero-order valence-corrected chi connectivity index (χ0v) is 15.6. The highest BCUT2D eigenvalue weighted by Gasteiger charge is 2.10. The Hall–Kier alpha value is -2.67. The van der Waals surface area contributed by atoms with Gasteiger partial charge in [-0.25, -0.2) is 0 Å². The molecule has 0 atom stereocenters. The molecule has 0 radical (unpaired) electrons. The average Bonchev–Trinajstić information content (AvgIpc) is 2.65. The summed E-state index contributed by atoms with van der Waals surface area (Å²) in [5, 5.41) is 5.53. The third-order valence-electron chi connectivity index (χ3n) is 3.69. The Bertz CT molecular complexity index is 780. The first-order chi connectivity index (χ1) is 12.5. The van der Waals surface area contributed by atoms with Crippen LogP contribution in [0.25, 0.3) is 0 Å². The highest BCUT2D eigenvalue weighted by molar-refractivity contribution is 7.80. The second kappa shape index (κ2) is 9.72. The summed E-state index contributed by atoms with van der Waals surface area (Å²) in [7, 11) is 3.11. The van der Waals surface area contributed by atoms with Gasteiger partial charge < -0.3 is 20.1 Å². The number of carbonyl (C=O) groups excluding carboxylic acids is 2. The van der Waals surface area contributed by atoms with E-state index >= 15 is 0 Å². The summed E-state index contributed by atoms with van der Waals surface area (Å²) in [6.07, 6.45) is 0.216. The van der Waals surface area contributed by atoms with Crippen molar-refractivity contribution in [3.05, 3.63) is 53.6 Å². The van der Waals surface area contributed by atoms with Gasteiger partial charge in [-0.1, -0.05) is 18.2 Å². The second-order valence-electron chi connectivity index (χ2n) is 5.49. The first kappa shape index (κ1) is 19.7. The molecule has 0 saturated carbocycles. The van der Waals surface area contributed by atoms with Crippen molar-refractivity contribution >= 4 is 24.4 Å². The van der Waals surface area contributed by atoms with Crippen LogP contribution < -0.4 is 20.1 Å². The van der Waals surface area contributed by atoms with Gasteiger partial charge in [0.1, 0.15) is 0 Å². The molecule has 2 aromatic rings. The van der Waals surface area contributed by atoms with Crippen molar-refractivity contribution in [1.82, 2.24) is 10.6 Å². The maximum absolute atomic E-state index is 12.0. The lowest BCUT2D eigenvalue weighted by Crippen LogP contribution is -2.35. The molecule has 7 heteroatoms. The number of methoxy groups -OCH3 is 2. The molecule has 0 aliphatic rings. The predicted octanol–water partition coefficient (Wildman–Crippen LogP) is 2.08. The Morgan fingerprint density at radius 1 is 0.962 bits per heavy atom. The topological polar surface area (TPSA) is 76.7 Å². The van der Waals surface area contributed by atoms with E-state index in [1.54, 1.807) is 44.6 Å². The summed E-state index contributed by atoms with van der Waals surface area (Å²) in [5.74, 6) is 0.838. The second-order valence-corrected chi connectivity index (χ2v) is 5.97. The molecule has 0 spiro atoms. The minimum atomic E-state index is -0.218. The van der Waals surface area contributed by atoms with Crippen LogP contribution in [-0.4, -0.2) is 39.1 Å². The molecule has 0 heterocycles. The fourth-order valence-electron chi connectivity index (χ4n) is 2.38. The van der Waals surface area contributed by atoms with E-state index < -0.39 is 0 Å². The highest BCUT2D eigenvalue weighted by atomic mass is 32.1. The van der Waals surface area contributed by atoms with Gasteiger partial charge in [-0.05, 0) is 29.8 Å². The maximum atomic E-state index is 12.0. The van der Waals surface area contributed by atoms with Crippen LogP contribution in [-0.2, 0) is 11.2 Å². The van der Waals surface area contributed by atoms with Crippen LogP contribution in [0.5, 0.6) is 11.5 Å². The van der Waals surface area contributed by atoms with Crippen molar-refractivity contribution in [2.75, 3.05) is 27.3 Å². The lowest BCUT2D eigenvalue weighted by Gasteiger charge is -2.10. The maximum Gasteiger partial charge on any atom is 0.252 e. The van der Waals surface area contributed by atoms with Gasteiger partial charge in [-0.3, -0.25) is 9.59 Å². The van der Waals surface area contributed by atoms with Gasteiger partial charge >= 0.3 is 0 Å². The van der Waals surface area contributed by atoms with Crippen LogP contribution in [0.3, 0.4) is 0 Å². The lowest BCUT2D eigenvalue weighted by molar-refractivity contribution is -0.120. The van der Waals surface area contributed by atoms with E-state index in [9.17, 15) is 9.59 Å². The summed E-state index contributed by atoms with van der Waals surface area (Å²) in [6, 6.07) is 12.4. The van der Waals surface area contributed by atoms with Gasteiger partial charge in [0.2, 0.25) is 5.91 Å². The normalized spacial score (nSPS) is 10.1. The highest BCUT2D eigenvalue weighted by Crippen LogP contribution is 2.27. The Labute approximate surface area is 158 Å². The SMILES string of the molecule is COc1ccc(CC(=O)NCCNC(=O)c2ccccc2S)cc1OC. The average molecular weight is 374 g/mol. The third-order valence-corrected chi connectivity index (χ3v) is 4.08. The predicted molar refractivity (Wildman–Crippen MR) is 102 cm³/mol. The number of hydrogen-bond acceptors (Lipinski definition) is 5. The van der Waals surface area contributed by atoms with Crippen LogP contribution in [0.2, 0.25) is 0 Å². The number of benzene rings is 2. The quantitative estimate of drug-likeness (QED) is 0.488. The van der Waals surface area contributed by atoms with E-state index in [0.717, 1.165) is 5.56 Å². The van der Waals surface area contributed by atoms with Crippen LogP contribution in [0, 0.1) is 0 Å². The molecule has 0 fully saturated rings. The molecular formula is C19H22N2O4S. The first-order valence-electron chi connectivity index (χ1n) is 8.09. The minimum Gasteiger partial charge on any atom is -0.493 e. The zero-order valence-electron chi connectivity index (χ0n) is 14.7. The van der Waals surface area contributed by atoms with E-state index in [1.165, 1.54) is 0 Å². The van der Waals surface area contributed by atoms with E-state index in [2.05, 4.69) is 23.3 Å². The number of nitrogens with one attached hydrogen (secondary N) is 2. The molecule has 2 aromatic carbocycles. The summed E-state index contributed by atoms with van der Waals surface area (Å²) in [5.41, 5.74) is 1.32. The summed E-state index contributed by atoms with van der Waals surface area (Å²) in [4.78, 5) is 24.7. The van der Waals surface area contributed by atoms with Gasteiger partial charge in [0, 0.05) is 18.0 Å². The molecule has 0 bridgehead atoms. The molecule has 0 unspecified atom stereocenters. The number of rotatable bonds is 8. The molecule has 138 valence electrons. The molecule has 2 rings (SSSR count). The minimum absolute atomic E-state index is 0.138. The van der Waals surface area contributed by atoms with E-state index in [0.29, 0.717) is 35.0 Å². The van der Waals surface area contributed by atoms with Gasteiger partial charge in [-0.2, -0.15) is 0 Å². The monoisotopic (exact) mass is 374 g/mol. The lowest BCUT2D eigenvalue weighted by atomic mass is 10.1. The molecule has 2 N–H and O–H groups in total. The number of thiol groups is 1. The van der Waals surface area contributed by atoms with Crippen molar-refractivity contribution in [1.29, 1.82) is 0 Å². The summed E-state index contributed by atoms with van der Waals surface area (Å²) < 4.78 is 10.4. The molecule has 26 heavy (non-hydrogen) atoms. The number of hydrogen-bond donors (Lipinski definition) is 3. The van der Waals surface area contributed by atoms with Crippen LogP contribution in [0.15, 0.2) is 47.4 Å². The largest absolute Gasteiger partial charge is 0.493 e. The van der Waals surface area contributed by atoms with Crippen LogP contribution >= 0.6 is 12.6 Å². The smallest absolute Gasteiger partial charge is 0.252 e. The third kappa shape index (κ3) is 5.42. The number of amides is 2. The molecule has 0 aliphatic carbocycles. The van der Waals surface area contributed by atoms with Crippen LogP contribution in [0.4, 0.5) is 0 Å². The summed E-state index contributed by atoms with van der Waals surface area (Å²) >= 11 is 4.25. The fraction of sp³-hybridized carbons (Fsp3) is 0.263. The fourth-order valence-corrected chi connectivity index (χ4v) is 2.64. The van der Waals surface area contributed by atoms with Gasteiger partial charge in [-0.15, -0.1) is 12.6 Å². The molecule has 0 aromatic heterocycles. The first-order valence-corrected chi connectivity index (χ1v) is 8.53. The van der Waals surface area contributed by atoms with E-state index in [1.807, 2.05) is 12.1 Å². The van der Waals surface area contributed by atoms with Crippen LogP contribution in [0.1, 0.15) is 15.9 Å². The van der Waals surface area contributed by atoms with Crippen molar-refractivity contribution in [3.63, 3.8) is 0 Å². The Kier molecular flexibility index (Phi) is 7.35. The van der Waals surface area contributed by atoms with Gasteiger partial charge in [0.05, 0.1) is 26.2 Å². The molecule has 0 aliphatic heterocycles. The van der Waals surface area contributed by atoms with Crippen molar-refractivity contribution in [2.24, 2.45) is 0 Å². The Morgan fingerprint density at radius 2 is 1.65 bits per heavy atom. The van der Waals surface area contributed by atoms with Crippen molar-refractivity contribution in [3.8, 4) is 11.5 Å².